The number of esters is 1. The van der Waals surface area contributed by atoms with Gasteiger partial charge in [-0.2, -0.15) is 0 Å². The molecule has 0 aliphatic rings. The Kier molecular flexibility index (Phi) is 4.48. The summed E-state index contributed by atoms with van der Waals surface area (Å²) in [5.41, 5.74) is 1.10. The number of hydrogen-bond acceptors (Lipinski definition) is 5. The van der Waals surface area contributed by atoms with Crippen molar-refractivity contribution in [1.82, 2.24) is 0 Å². The fraction of sp³-hybridized carbons (Fsp3) is 0.111. The Morgan fingerprint density at radius 3 is 2.58 bits per heavy atom. The van der Waals surface area contributed by atoms with Crippen LogP contribution in [0.5, 0.6) is 5.75 Å². The average molecular weight is 341 g/mol. The van der Waals surface area contributed by atoms with Gasteiger partial charge in [0.15, 0.2) is 0 Å². The van der Waals surface area contributed by atoms with E-state index < -0.39 is 0 Å². The molecule has 0 bridgehead atoms. The van der Waals surface area contributed by atoms with Crippen LogP contribution in [0.25, 0.3) is 10.1 Å². The maximum absolute atomic E-state index is 12.4. The number of ether oxygens (including phenoxy) is 2. The number of hydrogen-bond donors (Lipinski definition) is 1. The number of benzene rings is 2. The standard InChI is InChI=1S/C18H15NO4S/c1-22-14-6-4-3-5-13(14)17(20)19-12-7-8-15-11(9-12)10-16(24-15)18(21)23-2/h3-10H,1-2H3,(H,19,20). The second-order valence-corrected chi connectivity index (χ2v) is 6.09. The van der Waals surface area contributed by atoms with Crippen LogP contribution in [0.1, 0.15) is 20.0 Å². The quantitative estimate of drug-likeness (QED) is 0.730. The van der Waals surface area contributed by atoms with Gasteiger partial charge in [-0.15, -0.1) is 11.3 Å². The summed E-state index contributed by atoms with van der Waals surface area (Å²) in [5, 5.41) is 3.72. The number of rotatable bonds is 4. The highest BCUT2D eigenvalue weighted by Crippen LogP contribution is 2.29. The second kappa shape index (κ2) is 6.72. The molecule has 1 aromatic heterocycles. The highest BCUT2D eigenvalue weighted by atomic mass is 32.1. The maximum atomic E-state index is 12.4. The number of nitrogens with one attached hydrogen (secondary N) is 1. The van der Waals surface area contributed by atoms with E-state index in [1.165, 1.54) is 25.6 Å². The fourth-order valence-electron chi connectivity index (χ4n) is 2.35. The van der Waals surface area contributed by atoms with Crippen molar-refractivity contribution in [2.45, 2.75) is 0 Å². The lowest BCUT2D eigenvalue weighted by Gasteiger charge is -2.09. The van der Waals surface area contributed by atoms with Gasteiger partial charge in [0, 0.05) is 10.4 Å². The Balaban J connectivity index is 1.87. The zero-order chi connectivity index (χ0) is 17.1. The van der Waals surface area contributed by atoms with Crippen molar-refractivity contribution in [3.63, 3.8) is 0 Å². The largest absolute Gasteiger partial charge is 0.496 e. The minimum atomic E-state index is -0.365. The van der Waals surface area contributed by atoms with Crippen molar-refractivity contribution in [3.05, 3.63) is 59.0 Å². The number of carbonyl (C=O) groups excluding carboxylic acids is 2. The molecular formula is C18H15NO4S. The highest BCUT2D eigenvalue weighted by molar-refractivity contribution is 7.20. The van der Waals surface area contributed by atoms with Crippen molar-refractivity contribution in [3.8, 4) is 5.75 Å². The first kappa shape index (κ1) is 16.0. The summed E-state index contributed by atoms with van der Waals surface area (Å²) in [7, 11) is 2.88. The van der Waals surface area contributed by atoms with E-state index in [1.807, 2.05) is 12.1 Å². The van der Waals surface area contributed by atoms with E-state index in [4.69, 9.17) is 9.47 Å². The molecule has 0 fully saturated rings. The first-order valence-corrected chi connectivity index (χ1v) is 8.00. The van der Waals surface area contributed by atoms with Gasteiger partial charge in [0.2, 0.25) is 0 Å². The molecule has 1 N–H and O–H groups in total. The molecule has 1 amide bonds. The van der Waals surface area contributed by atoms with E-state index in [2.05, 4.69) is 5.32 Å². The van der Waals surface area contributed by atoms with Gasteiger partial charge in [-0.3, -0.25) is 4.79 Å². The molecule has 0 radical (unpaired) electrons. The number of fused-ring (bicyclic) bond motifs is 1. The number of anilines is 1. The van der Waals surface area contributed by atoms with Gasteiger partial charge in [0.05, 0.1) is 19.8 Å². The van der Waals surface area contributed by atoms with Crippen LogP contribution in [0, 0.1) is 0 Å². The van der Waals surface area contributed by atoms with Crippen molar-refractivity contribution in [1.29, 1.82) is 0 Å². The summed E-state index contributed by atoms with van der Waals surface area (Å²) in [6.07, 6.45) is 0. The van der Waals surface area contributed by atoms with Crippen LogP contribution in [0.3, 0.4) is 0 Å². The Morgan fingerprint density at radius 2 is 1.83 bits per heavy atom. The smallest absolute Gasteiger partial charge is 0.348 e. The number of amides is 1. The molecule has 5 nitrogen and oxygen atoms in total. The molecular weight excluding hydrogens is 326 g/mol. The molecule has 0 aliphatic carbocycles. The molecule has 6 heteroatoms. The van der Waals surface area contributed by atoms with Crippen LogP contribution < -0.4 is 10.1 Å². The molecule has 0 spiro atoms. The number of thiophene rings is 1. The number of para-hydroxylation sites is 1. The predicted molar refractivity (Wildman–Crippen MR) is 94.1 cm³/mol. The average Bonchev–Trinajstić information content (AvgIpc) is 3.04. The van der Waals surface area contributed by atoms with E-state index >= 15 is 0 Å². The molecule has 24 heavy (non-hydrogen) atoms. The SMILES string of the molecule is COC(=O)c1cc2cc(NC(=O)c3ccccc3OC)ccc2s1. The van der Waals surface area contributed by atoms with Gasteiger partial charge in [0.25, 0.3) is 5.91 Å². The Hall–Kier alpha value is -2.86. The van der Waals surface area contributed by atoms with Gasteiger partial charge in [-0.25, -0.2) is 4.79 Å². The van der Waals surface area contributed by atoms with E-state index in [-0.39, 0.29) is 11.9 Å². The van der Waals surface area contributed by atoms with Crippen LogP contribution in [0.4, 0.5) is 5.69 Å². The fourth-order valence-corrected chi connectivity index (χ4v) is 3.31. The molecule has 0 saturated heterocycles. The summed E-state index contributed by atoms with van der Waals surface area (Å²) in [6, 6.07) is 14.3. The highest BCUT2D eigenvalue weighted by Gasteiger charge is 2.13. The van der Waals surface area contributed by atoms with E-state index in [0.717, 1.165) is 10.1 Å². The Morgan fingerprint density at radius 1 is 1.04 bits per heavy atom. The lowest BCUT2D eigenvalue weighted by atomic mass is 10.1. The van der Waals surface area contributed by atoms with Crippen LogP contribution in [0.15, 0.2) is 48.5 Å². The minimum absolute atomic E-state index is 0.254. The number of carbonyl (C=O) groups is 2. The molecule has 0 unspecified atom stereocenters. The van der Waals surface area contributed by atoms with Crippen molar-refractivity contribution >= 4 is 39.0 Å². The summed E-state index contributed by atoms with van der Waals surface area (Å²) >= 11 is 1.35. The third kappa shape index (κ3) is 3.09. The normalized spacial score (nSPS) is 10.4. The van der Waals surface area contributed by atoms with Crippen LogP contribution >= 0.6 is 11.3 Å². The summed E-state index contributed by atoms with van der Waals surface area (Å²) < 4.78 is 10.9. The van der Waals surface area contributed by atoms with Crippen molar-refractivity contribution in [2.75, 3.05) is 19.5 Å². The lowest BCUT2D eigenvalue weighted by molar-refractivity contribution is 0.0606. The van der Waals surface area contributed by atoms with Gasteiger partial charge in [-0.1, -0.05) is 12.1 Å². The summed E-state index contributed by atoms with van der Waals surface area (Å²) in [6.45, 7) is 0. The van der Waals surface area contributed by atoms with Gasteiger partial charge in [-0.05, 0) is 41.8 Å². The molecule has 0 saturated carbocycles. The van der Waals surface area contributed by atoms with Gasteiger partial charge in [0.1, 0.15) is 10.6 Å². The van der Waals surface area contributed by atoms with E-state index in [0.29, 0.717) is 21.9 Å². The molecule has 0 atom stereocenters. The minimum Gasteiger partial charge on any atom is -0.496 e. The summed E-state index contributed by atoms with van der Waals surface area (Å²) in [5.74, 6) is -0.106. The van der Waals surface area contributed by atoms with Gasteiger partial charge >= 0.3 is 5.97 Å². The molecule has 3 rings (SSSR count). The molecule has 2 aromatic carbocycles. The molecule has 3 aromatic rings. The zero-order valence-electron chi connectivity index (χ0n) is 13.2. The first-order chi connectivity index (χ1) is 11.6. The zero-order valence-corrected chi connectivity index (χ0v) is 14.0. The Labute approximate surface area is 142 Å². The predicted octanol–water partition coefficient (Wildman–Crippen LogP) is 3.95. The molecule has 1 heterocycles. The second-order valence-electron chi connectivity index (χ2n) is 5.01. The third-order valence-electron chi connectivity index (χ3n) is 3.51. The van der Waals surface area contributed by atoms with Crippen molar-refractivity contribution in [2.24, 2.45) is 0 Å². The van der Waals surface area contributed by atoms with Crippen LogP contribution in [-0.4, -0.2) is 26.1 Å². The Bertz CT molecular complexity index is 916. The monoisotopic (exact) mass is 341 g/mol. The van der Waals surface area contributed by atoms with Crippen molar-refractivity contribution < 1.29 is 19.1 Å². The van der Waals surface area contributed by atoms with E-state index in [1.54, 1.807) is 36.4 Å². The lowest BCUT2D eigenvalue weighted by Crippen LogP contribution is -2.12. The number of methoxy groups -OCH3 is 2. The first-order valence-electron chi connectivity index (χ1n) is 7.18. The topological polar surface area (TPSA) is 64.6 Å². The molecule has 0 aliphatic heterocycles. The van der Waals surface area contributed by atoms with Crippen LogP contribution in [0.2, 0.25) is 0 Å². The molecule has 122 valence electrons. The maximum Gasteiger partial charge on any atom is 0.348 e. The van der Waals surface area contributed by atoms with Gasteiger partial charge < -0.3 is 14.8 Å². The van der Waals surface area contributed by atoms with E-state index in [9.17, 15) is 9.59 Å². The third-order valence-corrected chi connectivity index (χ3v) is 4.61. The summed E-state index contributed by atoms with van der Waals surface area (Å²) in [4.78, 5) is 24.6. The van der Waals surface area contributed by atoms with Crippen LogP contribution in [-0.2, 0) is 4.74 Å².